The van der Waals surface area contributed by atoms with Crippen LogP contribution in [0.2, 0.25) is 5.02 Å². The minimum absolute atomic E-state index is 0.0103. The van der Waals surface area contributed by atoms with E-state index in [9.17, 15) is 9.59 Å². The number of hydrogen-bond acceptors (Lipinski definition) is 4. The number of piperidine rings is 1. The maximum atomic E-state index is 13.3. The summed E-state index contributed by atoms with van der Waals surface area (Å²) in [5.41, 5.74) is 2.35. The van der Waals surface area contributed by atoms with Gasteiger partial charge in [-0.3, -0.25) is 9.59 Å². The van der Waals surface area contributed by atoms with Gasteiger partial charge in [0.15, 0.2) is 5.69 Å². The van der Waals surface area contributed by atoms with Gasteiger partial charge < -0.3 is 19.5 Å². The summed E-state index contributed by atoms with van der Waals surface area (Å²) in [5, 5.41) is 4.00. The number of nitrogens with zero attached hydrogens (tertiary/aromatic N) is 3. The minimum Gasteiger partial charge on any atom is -0.365 e. The first-order chi connectivity index (χ1) is 17.1. The van der Waals surface area contributed by atoms with E-state index >= 15 is 0 Å². The molecule has 188 valence electrons. The second-order valence-corrected chi connectivity index (χ2v) is 10.6. The van der Waals surface area contributed by atoms with Gasteiger partial charge in [-0.1, -0.05) is 55.8 Å². The van der Waals surface area contributed by atoms with Crippen molar-refractivity contribution in [2.24, 2.45) is 5.92 Å². The highest BCUT2D eigenvalue weighted by molar-refractivity contribution is 6.30. The fourth-order valence-corrected chi connectivity index (χ4v) is 5.72. The van der Waals surface area contributed by atoms with Crippen molar-refractivity contribution >= 4 is 23.4 Å². The first-order valence-corrected chi connectivity index (χ1v) is 13.5. The molecule has 1 aromatic carbocycles. The van der Waals surface area contributed by atoms with Gasteiger partial charge in [-0.25, -0.2) is 4.98 Å². The number of ether oxygens (including phenoxy) is 1. The molecule has 35 heavy (non-hydrogen) atoms. The number of aromatic nitrogens is 2. The zero-order valence-electron chi connectivity index (χ0n) is 20.3. The number of carbonyl (C=O) groups excluding carboxylic acids is 2. The van der Waals surface area contributed by atoms with Crippen molar-refractivity contribution in [3.8, 4) is 0 Å². The summed E-state index contributed by atoms with van der Waals surface area (Å²) in [7, 11) is 0. The number of carbonyl (C=O) groups is 2. The van der Waals surface area contributed by atoms with Gasteiger partial charge in [-0.05, 0) is 43.4 Å². The molecular formula is C27H35ClN4O3. The van der Waals surface area contributed by atoms with Gasteiger partial charge in [0.1, 0.15) is 6.10 Å². The van der Waals surface area contributed by atoms with E-state index in [0.717, 1.165) is 24.1 Å². The molecule has 2 aromatic rings. The van der Waals surface area contributed by atoms with Crippen molar-refractivity contribution in [3.05, 3.63) is 52.6 Å². The summed E-state index contributed by atoms with van der Waals surface area (Å²) in [6.45, 7) is 2.12. The highest BCUT2D eigenvalue weighted by Gasteiger charge is 2.32. The molecule has 8 heteroatoms. The second-order valence-electron chi connectivity index (χ2n) is 10.2. The summed E-state index contributed by atoms with van der Waals surface area (Å²) in [5.74, 6) is 0.0960. The van der Waals surface area contributed by atoms with E-state index in [1.165, 1.54) is 32.1 Å². The quantitative estimate of drug-likeness (QED) is 0.651. The molecule has 2 fully saturated rings. The number of benzene rings is 1. The van der Waals surface area contributed by atoms with Crippen LogP contribution < -0.4 is 5.32 Å². The summed E-state index contributed by atoms with van der Waals surface area (Å²) in [4.78, 5) is 32.4. The Bertz CT molecular complexity index is 1020. The van der Waals surface area contributed by atoms with Gasteiger partial charge in [0.25, 0.3) is 5.91 Å². The number of halogens is 1. The molecule has 3 aliphatic rings. The molecule has 5 rings (SSSR count). The molecule has 1 N–H and O–H groups in total. The Morgan fingerprint density at radius 2 is 1.66 bits per heavy atom. The number of rotatable bonds is 4. The molecule has 1 unspecified atom stereocenters. The van der Waals surface area contributed by atoms with Gasteiger partial charge in [0, 0.05) is 30.1 Å². The Labute approximate surface area is 212 Å². The highest BCUT2D eigenvalue weighted by Crippen LogP contribution is 2.29. The number of fused-ring (bicyclic) bond motifs is 1. The van der Waals surface area contributed by atoms with Crippen LogP contribution in [0.5, 0.6) is 0 Å². The lowest BCUT2D eigenvalue weighted by Gasteiger charge is -2.32. The topological polar surface area (TPSA) is 76.5 Å². The fourth-order valence-electron chi connectivity index (χ4n) is 5.60. The molecule has 2 aliphatic heterocycles. The summed E-state index contributed by atoms with van der Waals surface area (Å²) >= 11 is 6.00. The molecule has 0 bridgehead atoms. The Morgan fingerprint density at radius 3 is 2.37 bits per heavy atom. The van der Waals surface area contributed by atoms with Gasteiger partial charge in [-0.2, -0.15) is 0 Å². The fraction of sp³-hybridized carbons (Fsp3) is 0.593. The summed E-state index contributed by atoms with van der Waals surface area (Å²) in [6.07, 6.45) is 11.5. The molecule has 1 aliphatic carbocycles. The molecule has 0 spiro atoms. The highest BCUT2D eigenvalue weighted by atomic mass is 35.5. The Kier molecular flexibility index (Phi) is 7.73. The molecule has 1 saturated heterocycles. The molecule has 0 radical (unpaired) electrons. The summed E-state index contributed by atoms with van der Waals surface area (Å²) < 4.78 is 8.10. The van der Waals surface area contributed by atoms with E-state index in [4.69, 9.17) is 16.3 Å². The number of imidazole rings is 1. The zero-order valence-corrected chi connectivity index (χ0v) is 21.0. The number of likely N-dealkylation sites (tertiary alicyclic amines) is 1. The number of amides is 2. The van der Waals surface area contributed by atoms with Crippen molar-refractivity contribution < 1.29 is 14.3 Å². The molecular weight excluding hydrogens is 464 g/mol. The third kappa shape index (κ3) is 5.72. The predicted octanol–water partition coefficient (Wildman–Crippen LogP) is 4.89. The van der Waals surface area contributed by atoms with E-state index in [0.29, 0.717) is 55.8 Å². The van der Waals surface area contributed by atoms with E-state index in [2.05, 4.69) is 10.3 Å². The van der Waals surface area contributed by atoms with E-state index < -0.39 is 0 Å². The average Bonchev–Trinajstić information content (AvgIpc) is 3.29. The average molecular weight is 499 g/mol. The lowest BCUT2D eigenvalue weighted by Crippen LogP contribution is -2.45. The first kappa shape index (κ1) is 24.3. The van der Waals surface area contributed by atoms with Gasteiger partial charge >= 0.3 is 0 Å². The predicted molar refractivity (Wildman–Crippen MR) is 134 cm³/mol. The van der Waals surface area contributed by atoms with Crippen LogP contribution in [-0.2, 0) is 22.7 Å². The molecule has 2 amide bonds. The normalized spacial score (nSPS) is 22.2. The SMILES string of the molecule is O=C(NC1CCCCCCC1)C1CCN(C(=O)c2ncn3c2COC(c2ccc(Cl)cc2)C3)CC1. The number of hydrogen-bond donors (Lipinski definition) is 1. The number of nitrogens with one attached hydrogen (secondary N) is 1. The third-order valence-electron chi connectivity index (χ3n) is 7.78. The van der Waals surface area contributed by atoms with Crippen LogP contribution in [0, 0.1) is 5.92 Å². The van der Waals surface area contributed by atoms with Gasteiger partial charge in [0.05, 0.1) is 25.2 Å². The van der Waals surface area contributed by atoms with Crippen LogP contribution in [-0.4, -0.2) is 45.4 Å². The molecule has 1 atom stereocenters. The zero-order chi connectivity index (χ0) is 24.2. The smallest absolute Gasteiger partial charge is 0.274 e. The summed E-state index contributed by atoms with van der Waals surface area (Å²) in [6, 6.07) is 7.98. The van der Waals surface area contributed by atoms with Crippen molar-refractivity contribution in [3.63, 3.8) is 0 Å². The van der Waals surface area contributed by atoms with Crippen molar-refractivity contribution in [2.45, 2.75) is 83.1 Å². The molecule has 1 aromatic heterocycles. The molecule has 3 heterocycles. The molecule has 1 saturated carbocycles. The first-order valence-electron chi connectivity index (χ1n) is 13.1. The van der Waals surface area contributed by atoms with E-state index in [1.807, 2.05) is 33.7 Å². The van der Waals surface area contributed by atoms with Crippen LogP contribution in [0.1, 0.15) is 85.6 Å². The van der Waals surface area contributed by atoms with E-state index in [-0.39, 0.29) is 23.8 Å². The van der Waals surface area contributed by atoms with Gasteiger partial charge in [-0.15, -0.1) is 0 Å². The van der Waals surface area contributed by atoms with Crippen LogP contribution in [0.4, 0.5) is 0 Å². The molecule has 7 nitrogen and oxygen atoms in total. The maximum absolute atomic E-state index is 13.3. The third-order valence-corrected chi connectivity index (χ3v) is 8.03. The van der Waals surface area contributed by atoms with Crippen molar-refractivity contribution in [2.75, 3.05) is 13.1 Å². The Balaban J connectivity index is 1.15. The van der Waals surface area contributed by atoms with E-state index in [1.54, 1.807) is 6.33 Å². The second kappa shape index (κ2) is 11.1. The van der Waals surface area contributed by atoms with Crippen molar-refractivity contribution in [1.29, 1.82) is 0 Å². The van der Waals surface area contributed by atoms with Crippen LogP contribution >= 0.6 is 11.6 Å². The lowest BCUT2D eigenvalue weighted by molar-refractivity contribution is -0.127. The Morgan fingerprint density at radius 1 is 0.971 bits per heavy atom. The van der Waals surface area contributed by atoms with Crippen LogP contribution in [0.15, 0.2) is 30.6 Å². The largest absolute Gasteiger partial charge is 0.365 e. The minimum atomic E-state index is -0.0935. The standard InChI is InChI=1S/C27H35ClN4O3/c28-21-10-8-19(9-11-21)24-16-32-18-29-25(23(32)17-35-24)27(34)31-14-12-20(13-15-31)26(33)30-22-6-4-2-1-3-5-7-22/h8-11,18,20,22,24H,1-7,12-17H2,(H,30,33). The van der Waals surface area contributed by atoms with Crippen LogP contribution in [0.3, 0.4) is 0 Å². The lowest BCUT2D eigenvalue weighted by atomic mass is 9.93. The van der Waals surface area contributed by atoms with Crippen molar-refractivity contribution in [1.82, 2.24) is 19.8 Å². The Hall–Kier alpha value is -2.38. The van der Waals surface area contributed by atoms with Gasteiger partial charge in [0.2, 0.25) is 5.91 Å². The monoisotopic (exact) mass is 498 g/mol. The maximum Gasteiger partial charge on any atom is 0.274 e. The van der Waals surface area contributed by atoms with Crippen LogP contribution in [0.25, 0.3) is 0 Å².